The minimum absolute atomic E-state index is 0.0410. The smallest absolute Gasteiger partial charge is 0.241 e. The van der Waals surface area contributed by atoms with Gasteiger partial charge in [-0.2, -0.15) is 5.26 Å². The van der Waals surface area contributed by atoms with Gasteiger partial charge in [0.25, 0.3) is 0 Å². The van der Waals surface area contributed by atoms with Crippen molar-refractivity contribution in [3.05, 3.63) is 29.3 Å². The third-order valence-corrected chi connectivity index (χ3v) is 5.20. The van der Waals surface area contributed by atoms with Gasteiger partial charge in [0.1, 0.15) is 18.4 Å². The first-order valence-electron chi connectivity index (χ1n) is 10.1. The molecule has 0 spiro atoms. The summed E-state index contributed by atoms with van der Waals surface area (Å²) in [6, 6.07) is 7.71. The molecule has 0 aromatic heterocycles. The average molecular weight is 387 g/mol. The van der Waals surface area contributed by atoms with E-state index in [1.54, 1.807) is 4.90 Å². The number of nitrogens with one attached hydrogen (secondary N) is 1. The second kappa shape index (κ2) is 10.4. The Morgan fingerprint density at radius 3 is 2.89 bits per heavy atom. The van der Waals surface area contributed by atoms with Crippen molar-refractivity contribution < 1.29 is 19.0 Å². The maximum Gasteiger partial charge on any atom is 0.241 e. The van der Waals surface area contributed by atoms with Gasteiger partial charge in [-0.15, -0.1) is 0 Å². The number of fused-ring (bicyclic) bond motifs is 1. The molecule has 2 aliphatic heterocycles. The van der Waals surface area contributed by atoms with Crippen LogP contribution in [0.2, 0.25) is 0 Å². The van der Waals surface area contributed by atoms with Gasteiger partial charge in [-0.3, -0.25) is 4.79 Å². The molecule has 0 aliphatic carbocycles. The summed E-state index contributed by atoms with van der Waals surface area (Å²) in [6.07, 6.45) is 2.33. The van der Waals surface area contributed by atoms with Gasteiger partial charge < -0.3 is 24.4 Å². The van der Waals surface area contributed by atoms with Gasteiger partial charge in [0.15, 0.2) is 0 Å². The van der Waals surface area contributed by atoms with Crippen molar-refractivity contribution >= 4 is 5.91 Å². The first-order valence-corrected chi connectivity index (χ1v) is 10.1. The van der Waals surface area contributed by atoms with Crippen molar-refractivity contribution in [1.82, 2.24) is 10.2 Å². The summed E-state index contributed by atoms with van der Waals surface area (Å²) < 4.78 is 16.4. The summed E-state index contributed by atoms with van der Waals surface area (Å²) in [5.41, 5.74) is 2.31. The number of ether oxygens (including phenoxy) is 3. The molecule has 1 aromatic carbocycles. The molecule has 152 valence electrons. The number of hydrogen-bond acceptors (Lipinski definition) is 6. The fourth-order valence-corrected chi connectivity index (χ4v) is 3.70. The maximum atomic E-state index is 12.8. The molecule has 7 heteroatoms. The Hall–Kier alpha value is -2.14. The van der Waals surface area contributed by atoms with E-state index in [-0.39, 0.29) is 18.0 Å². The van der Waals surface area contributed by atoms with Crippen LogP contribution in [0.3, 0.4) is 0 Å². The van der Waals surface area contributed by atoms with Crippen LogP contribution in [-0.4, -0.2) is 62.5 Å². The number of benzene rings is 1. The Morgan fingerprint density at radius 1 is 1.25 bits per heavy atom. The molecule has 0 unspecified atom stereocenters. The van der Waals surface area contributed by atoms with Crippen molar-refractivity contribution in [3.8, 4) is 11.8 Å². The number of rotatable bonds is 9. The molecule has 28 heavy (non-hydrogen) atoms. The van der Waals surface area contributed by atoms with E-state index in [0.717, 1.165) is 29.7 Å². The zero-order valence-corrected chi connectivity index (χ0v) is 16.5. The Bertz CT molecular complexity index is 703. The first-order chi connectivity index (χ1) is 13.7. The van der Waals surface area contributed by atoms with Crippen LogP contribution in [0.4, 0.5) is 0 Å². The van der Waals surface area contributed by atoms with Gasteiger partial charge in [-0.05, 0) is 49.4 Å². The second-order valence-electron chi connectivity index (χ2n) is 7.04. The zero-order valence-electron chi connectivity index (χ0n) is 16.5. The number of carbonyl (C=O) groups excluding carboxylic acids is 1. The van der Waals surface area contributed by atoms with E-state index in [0.29, 0.717) is 52.5 Å². The molecule has 1 saturated heterocycles. The van der Waals surface area contributed by atoms with Crippen molar-refractivity contribution in [2.24, 2.45) is 0 Å². The van der Waals surface area contributed by atoms with Crippen LogP contribution in [0.5, 0.6) is 5.75 Å². The SMILES string of the molecule is CCOCCOCCOc1ccc2c(c1)CN[C@H](C(=O)N1CCC[C@@H]1C#N)C2. The van der Waals surface area contributed by atoms with E-state index < -0.39 is 0 Å². The molecule has 1 aromatic rings. The number of nitriles is 1. The Labute approximate surface area is 166 Å². The molecule has 2 atom stereocenters. The molecule has 1 N–H and O–H groups in total. The van der Waals surface area contributed by atoms with Crippen LogP contribution >= 0.6 is 0 Å². The number of hydrogen-bond donors (Lipinski definition) is 1. The lowest BCUT2D eigenvalue weighted by atomic mass is 9.94. The summed E-state index contributed by atoms with van der Waals surface area (Å²) >= 11 is 0. The number of amides is 1. The fraction of sp³-hybridized carbons (Fsp3) is 0.619. The molecule has 0 saturated carbocycles. The van der Waals surface area contributed by atoms with Gasteiger partial charge in [0.05, 0.1) is 31.9 Å². The number of nitrogens with zero attached hydrogens (tertiary/aromatic N) is 2. The van der Waals surface area contributed by atoms with E-state index in [2.05, 4.69) is 11.4 Å². The number of likely N-dealkylation sites (tertiary alicyclic amines) is 1. The lowest BCUT2D eigenvalue weighted by Gasteiger charge is -2.30. The van der Waals surface area contributed by atoms with Crippen LogP contribution in [0.25, 0.3) is 0 Å². The first kappa shape index (κ1) is 20.6. The quantitative estimate of drug-likeness (QED) is 0.649. The van der Waals surface area contributed by atoms with Crippen LogP contribution in [-0.2, 0) is 27.2 Å². The van der Waals surface area contributed by atoms with Gasteiger partial charge >= 0.3 is 0 Å². The normalized spacial score (nSPS) is 21.2. The summed E-state index contributed by atoms with van der Waals surface area (Å²) in [5, 5.41) is 12.5. The molecule has 0 bridgehead atoms. The number of carbonyl (C=O) groups is 1. The zero-order chi connectivity index (χ0) is 19.8. The fourth-order valence-electron chi connectivity index (χ4n) is 3.70. The summed E-state index contributed by atoms with van der Waals surface area (Å²) in [7, 11) is 0. The Balaban J connectivity index is 1.47. The van der Waals surface area contributed by atoms with Gasteiger partial charge in [-0.25, -0.2) is 0 Å². The Morgan fingerprint density at radius 2 is 2.07 bits per heavy atom. The highest BCUT2D eigenvalue weighted by molar-refractivity contribution is 5.83. The largest absolute Gasteiger partial charge is 0.491 e. The molecule has 1 fully saturated rings. The topological polar surface area (TPSA) is 83.8 Å². The van der Waals surface area contributed by atoms with Gasteiger partial charge in [-0.1, -0.05) is 6.07 Å². The second-order valence-corrected chi connectivity index (χ2v) is 7.04. The highest BCUT2D eigenvalue weighted by Gasteiger charge is 2.34. The molecule has 2 aliphatic rings. The van der Waals surface area contributed by atoms with Gasteiger partial charge in [0.2, 0.25) is 5.91 Å². The highest BCUT2D eigenvalue weighted by Crippen LogP contribution is 2.25. The van der Waals surface area contributed by atoms with Crippen LogP contribution in [0, 0.1) is 11.3 Å². The van der Waals surface area contributed by atoms with Crippen LogP contribution in [0.15, 0.2) is 18.2 Å². The molecule has 1 amide bonds. The minimum atomic E-state index is -0.276. The molecule has 7 nitrogen and oxygen atoms in total. The molecular weight excluding hydrogens is 358 g/mol. The average Bonchev–Trinajstić information content (AvgIpc) is 3.21. The molecule has 3 rings (SSSR count). The summed E-state index contributed by atoms with van der Waals surface area (Å²) in [5.74, 6) is 0.849. The third kappa shape index (κ3) is 5.22. The standard InChI is InChI=1S/C21H29N3O4/c1-2-26-8-9-27-10-11-28-19-6-5-16-13-20(23-15-17(16)12-19)21(25)24-7-3-4-18(24)14-22/h5-6,12,18,20,23H,2-4,7-11,13,15H2,1H3/t18-,20+/m1/s1. The van der Waals surface area contributed by atoms with E-state index in [1.165, 1.54) is 0 Å². The monoisotopic (exact) mass is 387 g/mol. The maximum absolute atomic E-state index is 12.8. The molecule has 2 heterocycles. The van der Waals surface area contributed by atoms with Crippen molar-refractivity contribution in [2.75, 3.05) is 39.6 Å². The van der Waals surface area contributed by atoms with E-state index in [4.69, 9.17) is 14.2 Å². The Kier molecular flexibility index (Phi) is 7.66. The predicted molar refractivity (Wildman–Crippen MR) is 104 cm³/mol. The molecular formula is C21H29N3O4. The van der Waals surface area contributed by atoms with Crippen LogP contribution < -0.4 is 10.1 Å². The van der Waals surface area contributed by atoms with E-state index in [1.807, 2.05) is 25.1 Å². The summed E-state index contributed by atoms with van der Waals surface area (Å²) in [6.45, 7) is 6.16. The van der Waals surface area contributed by atoms with Crippen molar-refractivity contribution in [1.29, 1.82) is 5.26 Å². The minimum Gasteiger partial charge on any atom is -0.491 e. The van der Waals surface area contributed by atoms with Crippen molar-refractivity contribution in [3.63, 3.8) is 0 Å². The predicted octanol–water partition coefficient (Wildman–Crippen LogP) is 1.65. The van der Waals surface area contributed by atoms with Gasteiger partial charge in [0, 0.05) is 19.7 Å². The summed E-state index contributed by atoms with van der Waals surface area (Å²) in [4.78, 5) is 14.5. The van der Waals surface area contributed by atoms with Crippen molar-refractivity contribution in [2.45, 2.75) is 44.8 Å². The molecule has 0 radical (unpaired) electrons. The lowest BCUT2D eigenvalue weighted by Crippen LogP contribution is -2.50. The van der Waals surface area contributed by atoms with E-state index >= 15 is 0 Å². The lowest BCUT2D eigenvalue weighted by molar-refractivity contribution is -0.133. The third-order valence-electron chi connectivity index (χ3n) is 5.20. The van der Waals surface area contributed by atoms with Crippen LogP contribution in [0.1, 0.15) is 30.9 Å². The van der Waals surface area contributed by atoms with E-state index in [9.17, 15) is 10.1 Å². The highest BCUT2D eigenvalue weighted by atomic mass is 16.5.